The zero-order valence-electron chi connectivity index (χ0n) is 18.2. The van der Waals surface area contributed by atoms with Crippen molar-refractivity contribution in [1.82, 2.24) is 5.32 Å². The van der Waals surface area contributed by atoms with E-state index >= 15 is 0 Å². The van der Waals surface area contributed by atoms with E-state index in [4.69, 9.17) is 17.0 Å². The van der Waals surface area contributed by atoms with Crippen molar-refractivity contribution in [3.8, 4) is 5.75 Å². The number of carbonyl (C=O) groups excluding carboxylic acids is 1. The van der Waals surface area contributed by atoms with Crippen LogP contribution in [0.4, 0.5) is 5.69 Å². The van der Waals surface area contributed by atoms with E-state index in [9.17, 15) is 4.79 Å². The lowest BCUT2D eigenvalue weighted by Gasteiger charge is -2.26. The Morgan fingerprint density at radius 2 is 1.81 bits per heavy atom. The van der Waals surface area contributed by atoms with E-state index in [1.54, 1.807) is 31.4 Å². The molecule has 0 bridgehead atoms. The third-order valence-electron chi connectivity index (χ3n) is 5.93. The number of fused-ring (bicyclic) bond motifs is 3. The summed E-state index contributed by atoms with van der Waals surface area (Å²) in [5, 5.41) is 5.33. The Kier molecular flexibility index (Phi) is 5.54. The molecule has 0 aliphatic carbocycles. The molecule has 3 aromatic rings. The maximum Gasteiger partial charge on any atom is 0.256 e. The summed E-state index contributed by atoms with van der Waals surface area (Å²) in [7, 11) is 1.60. The highest BCUT2D eigenvalue weighted by Gasteiger charge is 2.40. The van der Waals surface area contributed by atoms with Crippen molar-refractivity contribution in [3.63, 3.8) is 0 Å². The van der Waals surface area contributed by atoms with Gasteiger partial charge in [0.05, 0.1) is 7.11 Å². The fourth-order valence-electron chi connectivity index (χ4n) is 4.42. The Morgan fingerprint density at radius 3 is 2.48 bits per heavy atom. The van der Waals surface area contributed by atoms with Crippen molar-refractivity contribution < 1.29 is 9.53 Å². The fourth-order valence-corrected chi connectivity index (χ4v) is 4.63. The molecule has 1 aliphatic heterocycles. The molecule has 0 fully saturated rings. The van der Waals surface area contributed by atoms with Crippen molar-refractivity contribution in [1.29, 1.82) is 0 Å². The molecule has 1 N–H and O–H groups in total. The summed E-state index contributed by atoms with van der Waals surface area (Å²) in [5.41, 5.74) is 3.86. The Labute approximate surface area is 188 Å². The van der Waals surface area contributed by atoms with Crippen LogP contribution < -0.4 is 15.0 Å². The maximum atomic E-state index is 12.7. The summed E-state index contributed by atoms with van der Waals surface area (Å²) in [6, 6.07) is 19.8. The molecule has 4 nitrogen and oxygen atoms in total. The van der Waals surface area contributed by atoms with Crippen LogP contribution in [0.15, 0.2) is 72.4 Å². The monoisotopic (exact) mass is 430 g/mol. The number of nitrogens with one attached hydrogen (secondary N) is 1. The number of ether oxygens (including phenoxy) is 1. The second-order valence-corrected chi connectivity index (χ2v) is 8.57. The number of allylic oxidation sites excluding steroid dienone is 1. The van der Waals surface area contributed by atoms with Gasteiger partial charge in [-0.2, -0.15) is 0 Å². The highest BCUT2D eigenvalue weighted by Crippen LogP contribution is 2.50. The van der Waals surface area contributed by atoms with Gasteiger partial charge in [0.15, 0.2) is 0 Å². The summed E-state index contributed by atoms with van der Waals surface area (Å²) < 4.78 is 5.15. The van der Waals surface area contributed by atoms with Crippen LogP contribution in [-0.2, 0) is 5.41 Å². The fraction of sp³-hybridized carbons (Fsp3) is 0.231. The van der Waals surface area contributed by atoms with Crippen LogP contribution in [0.3, 0.4) is 0 Å². The number of benzene rings is 3. The molecule has 0 saturated carbocycles. The molecule has 0 unspecified atom stereocenters. The molecule has 4 rings (SSSR count). The van der Waals surface area contributed by atoms with Crippen LogP contribution in [0.2, 0.25) is 0 Å². The quantitative estimate of drug-likeness (QED) is 0.432. The van der Waals surface area contributed by atoms with E-state index in [2.05, 4.69) is 67.4 Å². The van der Waals surface area contributed by atoms with Crippen LogP contribution in [0.1, 0.15) is 36.7 Å². The smallest absolute Gasteiger partial charge is 0.256 e. The highest BCUT2D eigenvalue weighted by molar-refractivity contribution is 7.80. The molecule has 1 heterocycles. The molecule has 0 atom stereocenters. The van der Waals surface area contributed by atoms with Gasteiger partial charge in [0.25, 0.3) is 5.91 Å². The summed E-state index contributed by atoms with van der Waals surface area (Å²) in [6.45, 7) is 7.38. The lowest BCUT2D eigenvalue weighted by atomic mass is 9.81. The van der Waals surface area contributed by atoms with Crippen LogP contribution in [0.25, 0.3) is 10.8 Å². The van der Waals surface area contributed by atoms with E-state index < -0.39 is 0 Å². The third kappa shape index (κ3) is 3.70. The number of nitrogens with zero attached hydrogens (tertiary/aromatic N) is 1. The van der Waals surface area contributed by atoms with E-state index in [-0.39, 0.29) is 11.3 Å². The van der Waals surface area contributed by atoms with Crippen LogP contribution in [-0.4, -0.2) is 24.6 Å². The van der Waals surface area contributed by atoms with Crippen molar-refractivity contribution in [3.05, 3.63) is 83.6 Å². The lowest BCUT2D eigenvalue weighted by molar-refractivity contribution is 0.0978. The Hall–Kier alpha value is -3.18. The average molecular weight is 431 g/mol. The molecule has 158 valence electrons. The SMILES string of the molecule is CCN1/C(=C\C(=S)NC(=O)c2ccc(OC)cc2)C(C)(C)c2c1ccc1ccccc21. The first-order valence-corrected chi connectivity index (χ1v) is 10.8. The number of hydrogen-bond donors (Lipinski definition) is 1. The predicted octanol–water partition coefficient (Wildman–Crippen LogP) is 5.61. The molecule has 5 heteroatoms. The summed E-state index contributed by atoms with van der Waals surface area (Å²) in [6.07, 6.45) is 1.93. The predicted molar refractivity (Wildman–Crippen MR) is 131 cm³/mol. The number of likely N-dealkylation sites (N-methyl/N-ethyl adjacent to an activating group) is 1. The highest BCUT2D eigenvalue weighted by atomic mass is 32.1. The van der Waals surface area contributed by atoms with Gasteiger partial charge in [-0.05, 0) is 59.7 Å². The van der Waals surface area contributed by atoms with Gasteiger partial charge in [0, 0.05) is 28.9 Å². The number of rotatable bonds is 4. The van der Waals surface area contributed by atoms with Gasteiger partial charge >= 0.3 is 0 Å². The number of methoxy groups -OCH3 is 1. The van der Waals surface area contributed by atoms with Crippen molar-refractivity contribution >= 4 is 39.6 Å². The first kappa shape index (κ1) is 21.1. The maximum absolute atomic E-state index is 12.7. The van der Waals surface area contributed by atoms with Crippen LogP contribution in [0, 0.1) is 0 Å². The Balaban J connectivity index is 1.66. The molecule has 1 aliphatic rings. The van der Waals surface area contributed by atoms with Gasteiger partial charge in [-0.15, -0.1) is 0 Å². The van der Waals surface area contributed by atoms with Gasteiger partial charge in [-0.3, -0.25) is 4.79 Å². The molecule has 0 aromatic heterocycles. The average Bonchev–Trinajstić information content (AvgIpc) is 2.99. The van der Waals surface area contributed by atoms with Crippen LogP contribution in [0.5, 0.6) is 5.75 Å². The standard InChI is InChI=1S/C26H26N2O2S/c1-5-28-21-15-12-17-8-6-7-9-20(17)24(21)26(2,3)22(28)16-23(31)27-25(29)18-10-13-19(30-4)14-11-18/h6-16H,5H2,1-4H3,(H,27,29,31)/b22-16-. The second kappa shape index (κ2) is 8.16. The largest absolute Gasteiger partial charge is 0.497 e. The van der Waals surface area contributed by atoms with Crippen molar-refractivity contribution in [2.45, 2.75) is 26.2 Å². The first-order chi connectivity index (χ1) is 14.9. The van der Waals surface area contributed by atoms with Crippen molar-refractivity contribution in [2.75, 3.05) is 18.6 Å². The van der Waals surface area contributed by atoms with E-state index in [0.717, 1.165) is 12.2 Å². The molecule has 3 aromatic carbocycles. The molecule has 0 radical (unpaired) electrons. The topological polar surface area (TPSA) is 41.6 Å². The van der Waals surface area contributed by atoms with Gasteiger partial charge in [-0.25, -0.2) is 0 Å². The minimum absolute atomic E-state index is 0.230. The normalized spacial score (nSPS) is 15.7. The van der Waals surface area contributed by atoms with Gasteiger partial charge < -0.3 is 15.0 Å². The molecule has 0 spiro atoms. The third-order valence-corrected chi connectivity index (χ3v) is 6.15. The minimum Gasteiger partial charge on any atom is -0.497 e. The zero-order valence-corrected chi connectivity index (χ0v) is 19.0. The molecule has 1 amide bonds. The Morgan fingerprint density at radius 1 is 1.10 bits per heavy atom. The second-order valence-electron chi connectivity index (χ2n) is 8.13. The lowest BCUT2D eigenvalue weighted by Crippen LogP contribution is -2.32. The molecular formula is C26H26N2O2S. The number of thiocarbonyl (C=S) groups is 1. The van der Waals surface area contributed by atoms with Gasteiger partial charge in [-0.1, -0.05) is 56.4 Å². The van der Waals surface area contributed by atoms with Gasteiger partial charge in [0.2, 0.25) is 0 Å². The van der Waals surface area contributed by atoms with Crippen LogP contribution >= 0.6 is 12.2 Å². The zero-order chi connectivity index (χ0) is 22.2. The number of anilines is 1. The van der Waals surface area contributed by atoms with Gasteiger partial charge in [0.1, 0.15) is 10.7 Å². The van der Waals surface area contributed by atoms with E-state index in [1.165, 1.54) is 22.0 Å². The summed E-state index contributed by atoms with van der Waals surface area (Å²) in [4.78, 5) is 15.3. The summed E-state index contributed by atoms with van der Waals surface area (Å²) >= 11 is 5.57. The molecular weight excluding hydrogens is 404 g/mol. The first-order valence-electron chi connectivity index (χ1n) is 10.4. The van der Waals surface area contributed by atoms with E-state index in [0.29, 0.717) is 16.3 Å². The summed E-state index contributed by atoms with van der Waals surface area (Å²) in [5.74, 6) is 0.476. The molecule has 0 saturated heterocycles. The number of carbonyl (C=O) groups is 1. The number of amides is 1. The minimum atomic E-state index is -0.249. The van der Waals surface area contributed by atoms with E-state index in [1.807, 2.05) is 6.08 Å². The molecule has 31 heavy (non-hydrogen) atoms. The van der Waals surface area contributed by atoms with Crippen molar-refractivity contribution in [2.24, 2.45) is 0 Å². The Bertz CT molecular complexity index is 1200. The number of hydrogen-bond acceptors (Lipinski definition) is 4.